The van der Waals surface area contributed by atoms with Gasteiger partial charge in [-0.05, 0) is 19.9 Å². The summed E-state index contributed by atoms with van der Waals surface area (Å²) < 4.78 is 0. The molecule has 0 aliphatic heterocycles. The molecule has 1 atom stereocenters. The first kappa shape index (κ1) is 13.0. The average molecular weight is 282 g/mol. The molecule has 0 saturated heterocycles. The van der Waals surface area contributed by atoms with E-state index in [-0.39, 0.29) is 11.9 Å². The van der Waals surface area contributed by atoms with E-state index in [9.17, 15) is 4.79 Å². The van der Waals surface area contributed by atoms with Gasteiger partial charge in [0, 0.05) is 23.5 Å². The number of nitrogens with zero attached hydrogens (tertiary/aromatic N) is 2. The maximum absolute atomic E-state index is 12.0. The lowest BCUT2D eigenvalue weighted by Gasteiger charge is -2.11. The zero-order valence-corrected chi connectivity index (χ0v) is 11.5. The van der Waals surface area contributed by atoms with E-state index in [2.05, 4.69) is 15.3 Å². The third-order valence-electron chi connectivity index (χ3n) is 2.37. The molecule has 0 aliphatic carbocycles. The zero-order valence-electron chi connectivity index (χ0n) is 9.98. The SMILES string of the molecule is Cc1cnc(C(C)NC(=O)c2cnccc2Cl)s1. The van der Waals surface area contributed by atoms with Crippen LogP contribution >= 0.6 is 22.9 Å². The Balaban J connectivity index is 2.10. The molecule has 2 aromatic heterocycles. The van der Waals surface area contributed by atoms with Crippen molar-refractivity contribution in [3.05, 3.63) is 45.1 Å². The van der Waals surface area contributed by atoms with Crippen molar-refractivity contribution in [1.82, 2.24) is 15.3 Å². The van der Waals surface area contributed by atoms with Crippen molar-refractivity contribution in [2.45, 2.75) is 19.9 Å². The molecule has 1 unspecified atom stereocenters. The third kappa shape index (κ3) is 2.86. The maximum Gasteiger partial charge on any atom is 0.254 e. The van der Waals surface area contributed by atoms with Crippen molar-refractivity contribution in [2.24, 2.45) is 0 Å². The Hall–Kier alpha value is -1.46. The number of halogens is 1. The quantitative estimate of drug-likeness (QED) is 0.941. The summed E-state index contributed by atoms with van der Waals surface area (Å²) in [4.78, 5) is 21.2. The summed E-state index contributed by atoms with van der Waals surface area (Å²) in [7, 11) is 0. The van der Waals surface area contributed by atoms with Crippen LogP contribution in [0, 0.1) is 6.92 Å². The van der Waals surface area contributed by atoms with E-state index in [0.717, 1.165) is 9.88 Å². The molecule has 0 radical (unpaired) electrons. The monoisotopic (exact) mass is 281 g/mol. The summed E-state index contributed by atoms with van der Waals surface area (Å²) in [5.41, 5.74) is 0.374. The van der Waals surface area contributed by atoms with E-state index in [1.807, 2.05) is 13.8 Å². The van der Waals surface area contributed by atoms with Crippen molar-refractivity contribution in [2.75, 3.05) is 0 Å². The molecule has 1 N–H and O–H groups in total. The Morgan fingerprint density at radius 1 is 1.50 bits per heavy atom. The Morgan fingerprint density at radius 2 is 2.28 bits per heavy atom. The highest BCUT2D eigenvalue weighted by atomic mass is 35.5. The molecule has 18 heavy (non-hydrogen) atoms. The molecule has 0 saturated carbocycles. The first-order chi connectivity index (χ1) is 8.58. The molecule has 0 bridgehead atoms. The van der Waals surface area contributed by atoms with Gasteiger partial charge < -0.3 is 5.32 Å². The van der Waals surface area contributed by atoms with Gasteiger partial charge in [0.25, 0.3) is 5.91 Å². The fourth-order valence-electron chi connectivity index (χ4n) is 1.45. The summed E-state index contributed by atoms with van der Waals surface area (Å²) in [5, 5.41) is 4.12. The van der Waals surface area contributed by atoms with Crippen molar-refractivity contribution >= 4 is 28.8 Å². The topological polar surface area (TPSA) is 54.9 Å². The van der Waals surface area contributed by atoms with Gasteiger partial charge in [0.15, 0.2) is 0 Å². The fourth-order valence-corrected chi connectivity index (χ4v) is 2.42. The highest BCUT2D eigenvalue weighted by Crippen LogP contribution is 2.20. The van der Waals surface area contributed by atoms with Crippen LogP contribution in [0.15, 0.2) is 24.7 Å². The van der Waals surface area contributed by atoms with E-state index < -0.39 is 0 Å². The minimum absolute atomic E-state index is 0.146. The maximum atomic E-state index is 12.0. The number of hydrogen-bond donors (Lipinski definition) is 1. The highest BCUT2D eigenvalue weighted by molar-refractivity contribution is 7.11. The lowest BCUT2D eigenvalue weighted by atomic mass is 10.2. The third-order valence-corrected chi connectivity index (χ3v) is 3.79. The van der Waals surface area contributed by atoms with Crippen LogP contribution in [0.25, 0.3) is 0 Å². The highest BCUT2D eigenvalue weighted by Gasteiger charge is 2.16. The molecule has 0 fully saturated rings. The second-order valence-corrected chi connectivity index (χ2v) is 5.53. The summed E-state index contributed by atoms with van der Waals surface area (Å²) in [5.74, 6) is -0.242. The first-order valence-corrected chi connectivity index (χ1v) is 6.60. The van der Waals surface area contributed by atoms with Crippen LogP contribution < -0.4 is 5.32 Å². The van der Waals surface area contributed by atoms with Gasteiger partial charge in [0.05, 0.1) is 16.6 Å². The predicted molar refractivity (Wildman–Crippen MR) is 72.0 cm³/mol. The van der Waals surface area contributed by atoms with E-state index in [4.69, 9.17) is 11.6 Å². The van der Waals surface area contributed by atoms with Gasteiger partial charge in [0.2, 0.25) is 0 Å². The molecule has 6 heteroatoms. The Labute approximate surface area is 114 Å². The number of carbonyl (C=O) groups is 1. The molecule has 0 spiro atoms. The van der Waals surface area contributed by atoms with Gasteiger partial charge in [-0.2, -0.15) is 0 Å². The average Bonchev–Trinajstić information content (AvgIpc) is 2.76. The molecule has 2 rings (SSSR count). The molecule has 4 nitrogen and oxygen atoms in total. The number of amides is 1. The standard InChI is InChI=1S/C12H12ClN3OS/c1-7-5-15-12(18-7)8(2)16-11(17)9-6-14-4-3-10(9)13/h3-6,8H,1-2H3,(H,16,17). The summed E-state index contributed by atoms with van der Waals surface area (Å²) >= 11 is 7.50. The van der Waals surface area contributed by atoms with Crippen molar-refractivity contribution in [1.29, 1.82) is 0 Å². The number of rotatable bonds is 3. The minimum Gasteiger partial charge on any atom is -0.343 e. The van der Waals surface area contributed by atoms with Crippen LogP contribution in [0.5, 0.6) is 0 Å². The van der Waals surface area contributed by atoms with Gasteiger partial charge in [-0.3, -0.25) is 9.78 Å². The fraction of sp³-hybridized carbons (Fsp3) is 0.250. The molecule has 1 amide bonds. The number of pyridine rings is 1. The largest absolute Gasteiger partial charge is 0.343 e. The van der Waals surface area contributed by atoms with Gasteiger partial charge >= 0.3 is 0 Å². The van der Waals surface area contributed by atoms with Crippen LogP contribution in [-0.2, 0) is 0 Å². The number of aryl methyl sites for hydroxylation is 1. The molecule has 0 aliphatic rings. The molecule has 94 valence electrons. The van der Waals surface area contributed by atoms with Gasteiger partial charge in [-0.15, -0.1) is 11.3 Å². The number of thiazole rings is 1. The van der Waals surface area contributed by atoms with Crippen LogP contribution in [-0.4, -0.2) is 15.9 Å². The summed E-state index contributed by atoms with van der Waals surface area (Å²) in [6.07, 6.45) is 4.80. The van der Waals surface area contributed by atoms with E-state index in [0.29, 0.717) is 10.6 Å². The second kappa shape index (κ2) is 5.46. The van der Waals surface area contributed by atoms with Crippen molar-refractivity contribution < 1.29 is 4.79 Å². The molecular weight excluding hydrogens is 270 g/mol. The summed E-state index contributed by atoms with van der Waals surface area (Å²) in [6.45, 7) is 3.87. The molecular formula is C12H12ClN3OS. The van der Waals surface area contributed by atoms with Crippen LogP contribution in [0.4, 0.5) is 0 Å². The van der Waals surface area contributed by atoms with Crippen molar-refractivity contribution in [3.63, 3.8) is 0 Å². The number of hydrogen-bond acceptors (Lipinski definition) is 4. The Morgan fingerprint density at radius 3 is 2.89 bits per heavy atom. The first-order valence-electron chi connectivity index (χ1n) is 5.40. The second-order valence-electron chi connectivity index (χ2n) is 3.86. The van der Waals surface area contributed by atoms with Crippen LogP contribution in [0.3, 0.4) is 0 Å². The van der Waals surface area contributed by atoms with E-state index in [1.165, 1.54) is 6.20 Å². The number of aromatic nitrogens is 2. The zero-order chi connectivity index (χ0) is 13.1. The Bertz CT molecular complexity index is 570. The molecule has 0 aromatic carbocycles. The lowest BCUT2D eigenvalue weighted by Crippen LogP contribution is -2.26. The Kier molecular flexibility index (Phi) is 3.93. The smallest absolute Gasteiger partial charge is 0.254 e. The van der Waals surface area contributed by atoms with E-state index >= 15 is 0 Å². The number of carbonyl (C=O) groups excluding carboxylic acids is 1. The predicted octanol–water partition coefficient (Wildman–Crippen LogP) is 2.99. The van der Waals surface area contributed by atoms with Crippen LogP contribution in [0.1, 0.15) is 33.2 Å². The van der Waals surface area contributed by atoms with Gasteiger partial charge in [0.1, 0.15) is 5.01 Å². The van der Waals surface area contributed by atoms with Crippen LogP contribution in [0.2, 0.25) is 5.02 Å². The molecule has 2 aromatic rings. The summed E-state index contributed by atoms with van der Waals surface area (Å²) in [6, 6.07) is 1.45. The van der Waals surface area contributed by atoms with Crippen molar-refractivity contribution in [3.8, 4) is 0 Å². The number of nitrogens with one attached hydrogen (secondary N) is 1. The molecule has 2 heterocycles. The van der Waals surface area contributed by atoms with Gasteiger partial charge in [-0.25, -0.2) is 4.98 Å². The van der Waals surface area contributed by atoms with E-state index in [1.54, 1.807) is 29.8 Å². The lowest BCUT2D eigenvalue weighted by molar-refractivity contribution is 0.0939. The minimum atomic E-state index is -0.242. The normalized spacial score (nSPS) is 12.2. The van der Waals surface area contributed by atoms with Gasteiger partial charge in [-0.1, -0.05) is 11.6 Å².